The highest BCUT2D eigenvalue weighted by Gasteiger charge is 1.97. The quantitative estimate of drug-likeness (QED) is 0.374. The Hall–Kier alpha value is -1.89. The van der Waals surface area contributed by atoms with Crippen LogP contribution in [-0.2, 0) is 0 Å². The summed E-state index contributed by atoms with van der Waals surface area (Å²) in [5.74, 6) is 0. The summed E-state index contributed by atoms with van der Waals surface area (Å²) < 4.78 is 9.50. The highest BCUT2D eigenvalue weighted by molar-refractivity contribution is 6.07. The van der Waals surface area contributed by atoms with Gasteiger partial charge in [0.1, 0.15) is 0 Å². The maximum Gasteiger partial charge on any atom is 0.0785 e. The number of fused-ring (bicyclic) bond motifs is 3. The fraction of sp³-hybridized carbons (Fsp3) is 0.333. The van der Waals surface area contributed by atoms with Crippen LogP contribution < -0.4 is 0 Å². The molecule has 0 bridgehead atoms. The molecule has 0 N–H and O–H groups in total. The van der Waals surface area contributed by atoms with Crippen molar-refractivity contribution >= 4 is 21.5 Å². The first-order chi connectivity index (χ1) is 10.9. The standard InChI is InChI=1S/C14H10.3C2H6.CH3F/c1-3-7-13-11(5-1)9-10-12-6-2-4-8-14(12)13;4*1-2/h1-10H;3*1-2H3;1H3. The predicted molar refractivity (Wildman–Crippen MR) is 103 cm³/mol. The van der Waals surface area contributed by atoms with Gasteiger partial charge in [0.15, 0.2) is 0 Å². The molecule has 0 aliphatic carbocycles. The van der Waals surface area contributed by atoms with Crippen molar-refractivity contribution in [1.29, 1.82) is 0 Å². The maximum absolute atomic E-state index is 9.50. The molecule has 122 valence electrons. The van der Waals surface area contributed by atoms with Crippen molar-refractivity contribution in [1.82, 2.24) is 0 Å². The van der Waals surface area contributed by atoms with E-state index < -0.39 is 0 Å². The van der Waals surface area contributed by atoms with Crippen LogP contribution in [0.4, 0.5) is 4.39 Å². The molecule has 0 saturated heterocycles. The largest absolute Gasteiger partial charge is 0.255 e. The second-order valence-electron chi connectivity index (χ2n) is 3.51. The van der Waals surface area contributed by atoms with Gasteiger partial charge in [0.05, 0.1) is 7.18 Å². The molecule has 3 aromatic carbocycles. The zero-order valence-corrected chi connectivity index (χ0v) is 15.2. The minimum atomic E-state index is 0.500. The van der Waals surface area contributed by atoms with Crippen molar-refractivity contribution < 1.29 is 4.39 Å². The SMILES string of the molecule is CC.CC.CC.CF.c1ccc2c(c1)ccc1ccccc12. The molecule has 0 spiro atoms. The summed E-state index contributed by atoms with van der Waals surface area (Å²) in [6, 6.07) is 21.4. The molecule has 0 radical (unpaired) electrons. The van der Waals surface area contributed by atoms with Gasteiger partial charge in [-0.2, -0.15) is 0 Å². The van der Waals surface area contributed by atoms with Crippen LogP contribution in [0.2, 0.25) is 0 Å². The van der Waals surface area contributed by atoms with Crippen molar-refractivity contribution in [3.05, 3.63) is 60.7 Å². The Morgan fingerprint density at radius 3 is 1.05 bits per heavy atom. The van der Waals surface area contributed by atoms with Crippen LogP contribution in [0.15, 0.2) is 60.7 Å². The third-order valence-electron chi connectivity index (χ3n) is 2.65. The van der Waals surface area contributed by atoms with Crippen LogP contribution in [0.25, 0.3) is 21.5 Å². The van der Waals surface area contributed by atoms with E-state index in [1.807, 2.05) is 41.5 Å². The Labute approximate surface area is 136 Å². The van der Waals surface area contributed by atoms with Gasteiger partial charge in [-0.1, -0.05) is 102 Å². The predicted octanol–water partition coefficient (Wildman–Crippen LogP) is 7.66. The number of hydrogen-bond donors (Lipinski definition) is 0. The average molecular weight is 302 g/mol. The van der Waals surface area contributed by atoms with Crippen molar-refractivity contribution in [2.24, 2.45) is 0 Å². The van der Waals surface area contributed by atoms with Crippen LogP contribution in [0, 0.1) is 0 Å². The van der Waals surface area contributed by atoms with Gasteiger partial charge in [0, 0.05) is 0 Å². The third-order valence-corrected chi connectivity index (χ3v) is 2.65. The fourth-order valence-corrected chi connectivity index (χ4v) is 1.95. The zero-order chi connectivity index (χ0) is 17.4. The van der Waals surface area contributed by atoms with Gasteiger partial charge >= 0.3 is 0 Å². The van der Waals surface area contributed by atoms with Crippen molar-refractivity contribution in [2.75, 3.05) is 7.18 Å². The minimum absolute atomic E-state index is 0.500. The Balaban J connectivity index is 0. The van der Waals surface area contributed by atoms with Gasteiger partial charge in [-0.05, 0) is 21.5 Å². The van der Waals surface area contributed by atoms with Gasteiger partial charge in [0.25, 0.3) is 0 Å². The molecule has 0 atom stereocenters. The van der Waals surface area contributed by atoms with E-state index in [0.717, 1.165) is 0 Å². The van der Waals surface area contributed by atoms with E-state index in [0.29, 0.717) is 7.18 Å². The molecule has 0 saturated carbocycles. The molecule has 22 heavy (non-hydrogen) atoms. The molecule has 0 fully saturated rings. The summed E-state index contributed by atoms with van der Waals surface area (Å²) in [5.41, 5.74) is 0. The lowest BCUT2D eigenvalue weighted by Crippen LogP contribution is -1.75. The molecule has 3 aromatic rings. The number of alkyl halides is 1. The summed E-state index contributed by atoms with van der Waals surface area (Å²) in [5, 5.41) is 5.30. The lowest BCUT2D eigenvalue weighted by atomic mass is 10.0. The van der Waals surface area contributed by atoms with Gasteiger partial charge in [-0.25, -0.2) is 0 Å². The van der Waals surface area contributed by atoms with Crippen molar-refractivity contribution in [3.8, 4) is 0 Å². The Morgan fingerprint density at radius 2 is 0.727 bits per heavy atom. The lowest BCUT2D eigenvalue weighted by molar-refractivity contribution is 0.636. The van der Waals surface area contributed by atoms with E-state index in [4.69, 9.17) is 0 Å². The van der Waals surface area contributed by atoms with E-state index in [9.17, 15) is 4.39 Å². The van der Waals surface area contributed by atoms with Crippen LogP contribution in [-0.4, -0.2) is 7.18 Å². The summed E-state index contributed by atoms with van der Waals surface area (Å²) >= 11 is 0. The van der Waals surface area contributed by atoms with Crippen LogP contribution >= 0.6 is 0 Å². The molecule has 0 amide bonds. The van der Waals surface area contributed by atoms with Crippen LogP contribution in [0.1, 0.15) is 41.5 Å². The lowest BCUT2D eigenvalue weighted by Gasteiger charge is -2.02. The number of rotatable bonds is 0. The minimum Gasteiger partial charge on any atom is -0.255 e. The summed E-state index contributed by atoms with van der Waals surface area (Å²) in [6.07, 6.45) is 0. The second kappa shape index (κ2) is 15.5. The topological polar surface area (TPSA) is 0 Å². The van der Waals surface area contributed by atoms with E-state index in [-0.39, 0.29) is 0 Å². The van der Waals surface area contributed by atoms with Crippen molar-refractivity contribution in [2.45, 2.75) is 41.5 Å². The van der Waals surface area contributed by atoms with Gasteiger partial charge in [-0.15, -0.1) is 0 Å². The third kappa shape index (κ3) is 6.26. The molecule has 0 unspecified atom stereocenters. The molecule has 0 nitrogen and oxygen atoms in total. The first-order valence-electron chi connectivity index (χ1n) is 8.19. The first kappa shape index (κ1) is 22.4. The number of hydrogen-bond acceptors (Lipinski definition) is 0. The molecule has 0 aliphatic heterocycles. The Morgan fingerprint density at radius 1 is 0.455 bits per heavy atom. The second-order valence-corrected chi connectivity index (χ2v) is 3.51. The summed E-state index contributed by atoms with van der Waals surface area (Å²) in [7, 11) is 0.500. The Bertz CT molecular complexity index is 545. The molecular weight excluding hydrogens is 271 g/mol. The van der Waals surface area contributed by atoms with E-state index in [2.05, 4.69) is 60.7 Å². The highest BCUT2D eigenvalue weighted by atomic mass is 19.1. The van der Waals surface area contributed by atoms with Crippen LogP contribution in [0.3, 0.4) is 0 Å². The molecule has 3 rings (SSSR count). The molecule has 0 aliphatic rings. The molecule has 0 aromatic heterocycles. The molecule has 1 heteroatoms. The smallest absolute Gasteiger partial charge is 0.0785 e. The maximum atomic E-state index is 9.50. The van der Waals surface area contributed by atoms with Crippen molar-refractivity contribution in [3.63, 3.8) is 0 Å². The fourth-order valence-electron chi connectivity index (χ4n) is 1.95. The van der Waals surface area contributed by atoms with E-state index >= 15 is 0 Å². The summed E-state index contributed by atoms with van der Waals surface area (Å²) in [4.78, 5) is 0. The molecule has 0 heterocycles. The van der Waals surface area contributed by atoms with Gasteiger partial charge < -0.3 is 0 Å². The average Bonchev–Trinajstić information content (AvgIpc) is 2.68. The van der Waals surface area contributed by atoms with Gasteiger partial charge in [0.2, 0.25) is 0 Å². The van der Waals surface area contributed by atoms with E-state index in [1.54, 1.807) is 0 Å². The van der Waals surface area contributed by atoms with Crippen LogP contribution in [0.5, 0.6) is 0 Å². The number of benzene rings is 3. The summed E-state index contributed by atoms with van der Waals surface area (Å²) in [6.45, 7) is 12.0. The van der Waals surface area contributed by atoms with Gasteiger partial charge in [-0.3, -0.25) is 4.39 Å². The normalized spacial score (nSPS) is 8.00. The zero-order valence-electron chi connectivity index (χ0n) is 15.2. The van der Waals surface area contributed by atoms with E-state index in [1.165, 1.54) is 21.5 Å². The highest BCUT2D eigenvalue weighted by Crippen LogP contribution is 2.24. The number of halogens is 1. The monoisotopic (exact) mass is 302 g/mol. The first-order valence-corrected chi connectivity index (χ1v) is 8.19. The Kier molecular flexibility index (Phi) is 15.8. The molecular formula is C21H31F.